The van der Waals surface area contributed by atoms with E-state index in [1.54, 1.807) is 26.8 Å². The standard InChI is InChI=1S/C21H20N4O2S2/c1-13-10-11-29-17(13)12-16-19(26)24(21(22-16)28-4)18-14(2)23(3)25(20(18)27)15-8-6-5-7-9-15/h5-12H,1-4H3. The third-order valence-corrected chi connectivity index (χ3v) is 6.53. The molecule has 4 rings (SSSR count). The van der Waals surface area contributed by atoms with Crippen molar-refractivity contribution >= 4 is 45.9 Å². The Kier molecular flexibility index (Phi) is 5.06. The zero-order valence-electron chi connectivity index (χ0n) is 16.5. The van der Waals surface area contributed by atoms with E-state index < -0.39 is 0 Å². The summed E-state index contributed by atoms with van der Waals surface area (Å²) in [6, 6.07) is 11.4. The van der Waals surface area contributed by atoms with E-state index in [2.05, 4.69) is 4.99 Å². The first-order chi connectivity index (χ1) is 13.9. The molecule has 0 atom stereocenters. The number of hydrogen-bond acceptors (Lipinski definition) is 5. The molecule has 1 amide bonds. The van der Waals surface area contributed by atoms with E-state index in [4.69, 9.17) is 0 Å². The molecule has 0 saturated carbocycles. The minimum absolute atomic E-state index is 0.250. The third-order valence-electron chi connectivity index (χ3n) is 4.93. The molecule has 8 heteroatoms. The lowest BCUT2D eigenvalue weighted by Gasteiger charge is -2.14. The molecule has 0 radical (unpaired) electrons. The predicted molar refractivity (Wildman–Crippen MR) is 121 cm³/mol. The van der Waals surface area contributed by atoms with Crippen LogP contribution in [0.2, 0.25) is 0 Å². The van der Waals surface area contributed by atoms with Gasteiger partial charge in [0, 0.05) is 11.9 Å². The predicted octanol–water partition coefficient (Wildman–Crippen LogP) is 3.96. The highest BCUT2D eigenvalue weighted by molar-refractivity contribution is 8.13. The van der Waals surface area contributed by atoms with Crippen molar-refractivity contribution in [3.05, 3.63) is 74.0 Å². The highest BCUT2D eigenvalue weighted by atomic mass is 32.2. The molecule has 0 fully saturated rings. The van der Waals surface area contributed by atoms with Gasteiger partial charge in [-0.25, -0.2) is 14.6 Å². The van der Waals surface area contributed by atoms with E-state index in [0.717, 1.165) is 16.1 Å². The maximum absolute atomic E-state index is 13.3. The van der Waals surface area contributed by atoms with Crippen LogP contribution in [0.4, 0.5) is 5.69 Å². The molecule has 1 aliphatic rings. The lowest BCUT2D eigenvalue weighted by atomic mass is 10.2. The van der Waals surface area contributed by atoms with Crippen LogP contribution in [-0.4, -0.2) is 26.7 Å². The second-order valence-corrected chi connectivity index (χ2v) is 8.37. The molecule has 0 spiro atoms. The SMILES string of the molecule is CSC1=NC(=Cc2sccc2C)C(=O)N1c1c(C)n(C)n(-c2ccccc2)c1=O. The van der Waals surface area contributed by atoms with E-state index in [1.165, 1.54) is 16.7 Å². The van der Waals surface area contributed by atoms with E-state index in [-0.39, 0.29) is 11.5 Å². The van der Waals surface area contributed by atoms with Gasteiger partial charge in [-0.15, -0.1) is 11.3 Å². The first kappa shape index (κ1) is 19.5. The van der Waals surface area contributed by atoms with Crippen LogP contribution < -0.4 is 10.5 Å². The quantitative estimate of drug-likeness (QED) is 0.598. The molecule has 2 aromatic heterocycles. The summed E-state index contributed by atoms with van der Waals surface area (Å²) in [7, 11) is 1.81. The molecule has 3 heterocycles. The average Bonchev–Trinajstić information content (AvgIpc) is 3.33. The minimum atomic E-state index is -0.284. The number of amides is 1. The van der Waals surface area contributed by atoms with Crippen LogP contribution >= 0.6 is 23.1 Å². The normalized spacial score (nSPS) is 15.4. The van der Waals surface area contributed by atoms with Gasteiger partial charge in [-0.3, -0.25) is 14.3 Å². The van der Waals surface area contributed by atoms with E-state index in [9.17, 15) is 9.59 Å². The highest BCUT2D eigenvalue weighted by Gasteiger charge is 2.36. The Bertz CT molecular complexity index is 1220. The fraction of sp³-hybridized carbons (Fsp3) is 0.190. The molecule has 0 aliphatic carbocycles. The van der Waals surface area contributed by atoms with Crippen LogP contribution in [-0.2, 0) is 11.8 Å². The highest BCUT2D eigenvalue weighted by Crippen LogP contribution is 2.30. The number of nitrogens with zero attached hydrogens (tertiary/aromatic N) is 4. The number of carbonyl (C=O) groups excluding carboxylic acids is 1. The van der Waals surface area contributed by atoms with Gasteiger partial charge in [0.1, 0.15) is 11.4 Å². The molecule has 0 saturated heterocycles. The molecule has 29 heavy (non-hydrogen) atoms. The molecular weight excluding hydrogens is 404 g/mol. The fourth-order valence-corrected chi connectivity index (χ4v) is 4.70. The average molecular weight is 425 g/mol. The van der Waals surface area contributed by atoms with Gasteiger partial charge in [0.25, 0.3) is 11.5 Å². The summed E-state index contributed by atoms with van der Waals surface area (Å²) in [6.07, 6.45) is 3.65. The van der Waals surface area contributed by atoms with Gasteiger partial charge < -0.3 is 0 Å². The Hall–Kier alpha value is -2.84. The number of amidine groups is 1. The van der Waals surface area contributed by atoms with Gasteiger partial charge in [0.05, 0.1) is 11.4 Å². The second kappa shape index (κ2) is 7.53. The van der Waals surface area contributed by atoms with Crippen LogP contribution in [0.3, 0.4) is 0 Å². The molecule has 148 valence electrons. The number of thioether (sulfide) groups is 1. The van der Waals surface area contributed by atoms with Crippen LogP contribution in [0.1, 0.15) is 16.1 Å². The smallest absolute Gasteiger partial charge is 0.283 e. The lowest BCUT2D eigenvalue weighted by molar-refractivity contribution is -0.113. The van der Waals surface area contributed by atoms with Crippen molar-refractivity contribution in [1.82, 2.24) is 9.36 Å². The Morgan fingerprint density at radius 2 is 1.83 bits per heavy atom. The Morgan fingerprint density at radius 1 is 1.10 bits per heavy atom. The number of carbonyl (C=O) groups is 1. The third kappa shape index (κ3) is 3.18. The first-order valence-corrected chi connectivity index (χ1v) is 11.1. The number of benzene rings is 1. The largest absolute Gasteiger partial charge is 0.296 e. The Morgan fingerprint density at radius 3 is 2.45 bits per heavy atom. The molecule has 0 unspecified atom stereocenters. The number of aromatic nitrogens is 2. The maximum atomic E-state index is 13.3. The number of para-hydroxylation sites is 1. The van der Waals surface area contributed by atoms with Gasteiger partial charge >= 0.3 is 0 Å². The van der Waals surface area contributed by atoms with Crippen LogP contribution in [0.15, 0.2) is 57.3 Å². The van der Waals surface area contributed by atoms with Gasteiger partial charge in [-0.05, 0) is 55.3 Å². The summed E-state index contributed by atoms with van der Waals surface area (Å²) in [4.78, 5) is 33.6. The molecule has 1 aliphatic heterocycles. The Labute approximate surface area is 176 Å². The zero-order valence-corrected chi connectivity index (χ0v) is 18.2. The van der Waals surface area contributed by atoms with E-state index in [1.807, 2.05) is 68.9 Å². The van der Waals surface area contributed by atoms with Crippen molar-refractivity contribution in [2.24, 2.45) is 12.0 Å². The van der Waals surface area contributed by atoms with Gasteiger partial charge in [-0.1, -0.05) is 30.0 Å². The van der Waals surface area contributed by atoms with Crippen molar-refractivity contribution in [1.29, 1.82) is 0 Å². The number of hydrogen-bond donors (Lipinski definition) is 0. The van der Waals surface area contributed by atoms with Gasteiger partial charge in [-0.2, -0.15) is 0 Å². The second-order valence-electron chi connectivity index (χ2n) is 6.65. The molecule has 3 aromatic rings. The van der Waals surface area contributed by atoms with Crippen molar-refractivity contribution in [3.63, 3.8) is 0 Å². The molecule has 6 nitrogen and oxygen atoms in total. The molecule has 0 N–H and O–H groups in total. The van der Waals surface area contributed by atoms with Crippen molar-refractivity contribution < 1.29 is 4.79 Å². The van der Waals surface area contributed by atoms with Crippen molar-refractivity contribution in [2.45, 2.75) is 13.8 Å². The maximum Gasteiger partial charge on any atom is 0.296 e. The zero-order chi connectivity index (χ0) is 20.7. The van der Waals surface area contributed by atoms with Crippen LogP contribution in [0, 0.1) is 13.8 Å². The molecular formula is C21H20N4O2S2. The molecule has 1 aromatic carbocycles. The van der Waals surface area contributed by atoms with E-state index in [0.29, 0.717) is 22.2 Å². The summed E-state index contributed by atoms with van der Waals surface area (Å²) in [5, 5.41) is 2.49. The van der Waals surface area contributed by atoms with Gasteiger partial charge in [0.15, 0.2) is 5.17 Å². The van der Waals surface area contributed by atoms with Crippen molar-refractivity contribution in [3.8, 4) is 5.69 Å². The summed E-state index contributed by atoms with van der Waals surface area (Å²) in [6.45, 7) is 3.84. The summed E-state index contributed by atoms with van der Waals surface area (Å²) < 4.78 is 3.34. The molecule has 0 bridgehead atoms. The number of thiophene rings is 1. The number of aliphatic imine (C=N–C) groups is 1. The van der Waals surface area contributed by atoms with Crippen molar-refractivity contribution in [2.75, 3.05) is 11.2 Å². The Balaban J connectivity index is 1.85. The van der Waals surface area contributed by atoms with Crippen LogP contribution in [0.5, 0.6) is 0 Å². The minimum Gasteiger partial charge on any atom is -0.283 e. The lowest BCUT2D eigenvalue weighted by Crippen LogP contribution is -2.34. The summed E-state index contributed by atoms with van der Waals surface area (Å²) in [5.74, 6) is -0.284. The monoisotopic (exact) mass is 424 g/mol. The summed E-state index contributed by atoms with van der Waals surface area (Å²) >= 11 is 2.91. The number of aryl methyl sites for hydroxylation is 1. The number of rotatable bonds is 3. The first-order valence-electron chi connectivity index (χ1n) is 9.01. The van der Waals surface area contributed by atoms with Gasteiger partial charge in [0.2, 0.25) is 0 Å². The van der Waals surface area contributed by atoms with E-state index >= 15 is 0 Å². The summed E-state index contributed by atoms with van der Waals surface area (Å²) in [5.41, 5.74) is 2.96. The fourth-order valence-electron chi connectivity index (χ4n) is 3.30. The van der Waals surface area contributed by atoms with Crippen LogP contribution in [0.25, 0.3) is 11.8 Å². The topological polar surface area (TPSA) is 59.6 Å². The number of anilines is 1.